The van der Waals surface area contributed by atoms with E-state index in [1.54, 1.807) is 0 Å². The van der Waals surface area contributed by atoms with Crippen molar-refractivity contribution in [3.05, 3.63) is 35.9 Å². The quantitative estimate of drug-likeness (QED) is 0.849. The highest BCUT2D eigenvalue weighted by atomic mass is 16.2. The van der Waals surface area contributed by atoms with Crippen LogP contribution in [0.5, 0.6) is 0 Å². The minimum atomic E-state index is -0.201. The summed E-state index contributed by atoms with van der Waals surface area (Å²) in [6.45, 7) is 2.95. The molecule has 0 saturated carbocycles. The summed E-state index contributed by atoms with van der Waals surface area (Å²) >= 11 is 0. The average molecular weight is 357 g/mol. The van der Waals surface area contributed by atoms with Gasteiger partial charge in [0.05, 0.1) is 6.54 Å². The lowest BCUT2D eigenvalue weighted by molar-refractivity contribution is -0.136. The standard InChI is InChI=1S/C21H31N3O2/c22-21(26)18-11-14-23(15-12-18)16-20(25)24-13-5-4-8-19(24)10-9-17-6-2-1-3-7-17/h1-3,6-7,18-19H,4-5,8-16H2,(H2,22,26)/t19-/m1/s1. The van der Waals surface area contributed by atoms with E-state index >= 15 is 0 Å². The molecule has 26 heavy (non-hydrogen) atoms. The second-order valence-corrected chi connectivity index (χ2v) is 7.71. The van der Waals surface area contributed by atoms with Crippen molar-refractivity contribution in [3.63, 3.8) is 0 Å². The zero-order valence-corrected chi connectivity index (χ0v) is 15.6. The summed E-state index contributed by atoms with van der Waals surface area (Å²) < 4.78 is 0. The monoisotopic (exact) mass is 357 g/mol. The Morgan fingerprint density at radius 1 is 1.00 bits per heavy atom. The van der Waals surface area contributed by atoms with Gasteiger partial charge in [0, 0.05) is 18.5 Å². The number of carbonyl (C=O) groups excluding carboxylic acids is 2. The van der Waals surface area contributed by atoms with Crippen LogP contribution in [-0.4, -0.2) is 53.8 Å². The third-order valence-electron chi connectivity index (χ3n) is 5.91. The number of nitrogens with zero attached hydrogens (tertiary/aromatic N) is 2. The first kappa shape index (κ1) is 18.9. The Hall–Kier alpha value is -1.88. The van der Waals surface area contributed by atoms with E-state index in [9.17, 15) is 9.59 Å². The molecule has 0 unspecified atom stereocenters. The maximum atomic E-state index is 12.9. The third kappa shape index (κ3) is 5.07. The molecule has 3 rings (SSSR count). The zero-order valence-electron chi connectivity index (χ0n) is 15.6. The Morgan fingerprint density at radius 3 is 2.42 bits per heavy atom. The molecule has 0 aromatic heterocycles. The second-order valence-electron chi connectivity index (χ2n) is 7.71. The van der Waals surface area contributed by atoms with Crippen LogP contribution in [0.15, 0.2) is 30.3 Å². The lowest BCUT2D eigenvalue weighted by Gasteiger charge is -2.38. The fourth-order valence-corrected chi connectivity index (χ4v) is 4.26. The SMILES string of the molecule is NC(=O)C1CCN(CC(=O)N2CCCC[C@@H]2CCc2ccccc2)CC1. The molecule has 5 nitrogen and oxygen atoms in total. The number of nitrogens with two attached hydrogens (primary N) is 1. The average Bonchev–Trinajstić information content (AvgIpc) is 2.68. The number of carbonyl (C=O) groups is 2. The molecule has 2 aliphatic rings. The fourth-order valence-electron chi connectivity index (χ4n) is 4.26. The van der Waals surface area contributed by atoms with Crippen molar-refractivity contribution in [1.29, 1.82) is 0 Å². The molecule has 2 N–H and O–H groups in total. The van der Waals surface area contributed by atoms with Crippen LogP contribution in [0.2, 0.25) is 0 Å². The van der Waals surface area contributed by atoms with E-state index in [-0.39, 0.29) is 17.7 Å². The van der Waals surface area contributed by atoms with Crippen LogP contribution >= 0.6 is 0 Å². The summed E-state index contributed by atoms with van der Waals surface area (Å²) in [5.41, 5.74) is 6.74. The summed E-state index contributed by atoms with van der Waals surface area (Å²) in [6, 6.07) is 10.9. The number of aryl methyl sites for hydroxylation is 1. The Balaban J connectivity index is 1.50. The minimum absolute atomic E-state index is 0.0186. The van der Waals surface area contributed by atoms with Crippen molar-refractivity contribution >= 4 is 11.8 Å². The maximum Gasteiger partial charge on any atom is 0.236 e. The first-order valence-electron chi connectivity index (χ1n) is 9.98. The van der Waals surface area contributed by atoms with Crippen molar-refractivity contribution < 1.29 is 9.59 Å². The van der Waals surface area contributed by atoms with Gasteiger partial charge in [-0.15, -0.1) is 0 Å². The Morgan fingerprint density at radius 2 is 1.73 bits per heavy atom. The number of hydrogen-bond donors (Lipinski definition) is 1. The van der Waals surface area contributed by atoms with Crippen molar-refractivity contribution in [3.8, 4) is 0 Å². The maximum absolute atomic E-state index is 12.9. The molecule has 0 bridgehead atoms. The van der Waals surface area contributed by atoms with Gasteiger partial charge in [-0.3, -0.25) is 14.5 Å². The Kier molecular flexibility index (Phi) is 6.67. The summed E-state index contributed by atoms with van der Waals surface area (Å²) in [5.74, 6) is 0.0308. The highest BCUT2D eigenvalue weighted by Gasteiger charge is 2.29. The van der Waals surface area contributed by atoms with E-state index in [0.29, 0.717) is 12.6 Å². The molecule has 5 heteroatoms. The van der Waals surface area contributed by atoms with Gasteiger partial charge in [-0.25, -0.2) is 0 Å². The summed E-state index contributed by atoms with van der Waals surface area (Å²) in [5, 5.41) is 0. The number of amides is 2. The highest BCUT2D eigenvalue weighted by Crippen LogP contribution is 2.23. The van der Waals surface area contributed by atoms with Crippen molar-refractivity contribution in [2.24, 2.45) is 11.7 Å². The van der Waals surface area contributed by atoms with Gasteiger partial charge in [-0.1, -0.05) is 30.3 Å². The molecule has 1 atom stereocenters. The fraction of sp³-hybridized carbons (Fsp3) is 0.619. The van der Waals surface area contributed by atoms with Gasteiger partial charge in [0.25, 0.3) is 0 Å². The number of primary amides is 1. The van der Waals surface area contributed by atoms with Gasteiger partial charge in [0.1, 0.15) is 0 Å². The van der Waals surface area contributed by atoms with Gasteiger partial charge < -0.3 is 10.6 Å². The zero-order chi connectivity index (χ0) is 18.4. The van der Waals surface area contributed by atoms with Crippen LogP contribution < -0.4 is 5.73 Å². The molecule has 2 saturated heterocycles. The molecule has 1 aromatic rings. The Labute approximate surface area is 156 Å². The van der Waals surface area contributed by atoms with Crippen LogP contribution in [0.4, 0.5) is 0 Å². The van der Waals surface area contributed by atoms with Crippen LogP contribution in [-0.2, 0) is 16.0 Å². The van der Waals surface area contributed by atoms with E-state index in [4.69, 9.17) is 5.73 Å². The van der Waals surface area contributed by atoms with Crippen LogP contribution in [0, 0.1) is 5.92 Å². The molecule has 0 aliphatic carbocycles. The van der Waals surface area contributed by atoms with Gasteiger partial charge in [0.15, 0.2) is 0 Å². The largest absolute Gasteiger partial charge is 0.369 e. The molecule has 1 aromatic carbocycles. The molecular formula is C21H31N3O2. The molecule has 0 spiro atoms. The first-order chi connectivity index (χ1) is 12.6. The Bertz CT molecular complexity index is 597. The van der Waals surface area contributed by atoms with Gasteiger partial charge in [0.2, 0.25) is 11.8 Å². The first-order valence-corrected chi connectivity index (χ1v) is 9.98. The normalized spacial score (nSPS) is 22.3. The number of benzene rings is 1. The summed E-state index contributed by atoms with van der Waals surface area (Å²) in [6.07, 6.45) is 7.06. The second kappa shape index (κ2) is 9.17. The van der Waals surface area contributed by atoms with E-state index in [0.717, 1.165) is 58.2 Å². The molecule has 2 aliphatic heterocycles. The number of rotatable bonds is 6. The van der Waals surface area contributed by atoms with Crippen molar-refractivity contribution in [2.45, 2.75) is 51.0 Å². The number of likely N-dealkylation sites (tertiary alicyclic amines) is 2. The number of piperidine rings is 2. The molecule has 2 heterocycles. The molecule has 0 radical (unpaired) electrons. The van der Waals surface area contributed by atoms with Crippen molar-refractivity contribution in [2.75, 3.05) is 26.2 Å². The lowest BCUT2D eigenvalue weighted by atomic mass is 9.95. The summed E-state index contributed by atoms with van der Waals surface area (Å²) in [4.78, 5) is 28.5. The van der Waals surface area contributed by atoms with E-state index < -0.39 is 0 Å². The van der Waals surface area contributed by atoms with E-state index in [1.165, 1.54) is 12.0 Å². The van der Waals surface area contributed by atoms with Gasteiger partial charge in [-0.2, -0.15) is 0 Å². The third-order valence-corrected chi connectivity index (χ3v) is 5.91. The molecule has 2 amide bonds. The highest BCUT2D eigenvalue weighted by molar-refractivity contribution is 5.79. The van der Waals surface area contributed by atoms with E-state index in [1.807, 2.05) is 6.07 Å². The molecular weight excluding hydrogens is 326 g/mol. The van der Waals surface area contributed by atoms with E-state index in [2.05, 4.69) is 34.1 Å². The lowest BCUT2D eigenvalue weighted by Crippen LogP contribution is -2.49. The smallest absolute Gasteiger partial charge is 0.236 e. The molecule has 2 fully saturated rings. The molecule has 142 valence electrons. The van der Waals surface area contributed by atoms with Crippen LogP contribution in [0.3, 0.4) is 0 Å². The van der Waals surface area contributed by atoms with Gasteiger partial charge in [-0.05, 0) is 63.6 Å². The summed E-state index contributed by atoms with van der Waals surface area (Å²) in [7, 11) is 0. The van der Waals surface area contributed by atoms with Crippen molar-refractivity contribution in [1.82, 2.24) is 9.80 Å². The minimum Gasteiger partial charge on any atom is -0.369 e. The van der Waals surface area contributed by atoms with Crippen LogP contribution in [0.25, 0.3) is 0 Å². The number of hydrogen-bond acceptors (Lipinski definition) is 3. The topological polar surface area (TPSA) is 66.6 Å². The van der Waals surface area contributed by atoms with Crippen LogP contribution in [0.1, 0.15) is 44.1 Å². The van der Waals surface area contributed by atoms with Gasteiger partial charge >= 0.3 is 0 Å². The predicted molar refractivity (Wildman–Crippen MR) is 102 cm³/mol. The predicted octanol–water partition coefficient (Wildman–Crippen LogP) is 2.20.